The van der Waals surface area contributed by atoms with Crippen molar-refractivity contribution < 1.29 is 37.4 Å². The third-order valence-electron chi connectivity index (χ3n) is 2.54. The molecule has 1 atom stereocenters. The molecule has 1 rings (SSSR count). The Bertz CT molecular complexity index is 605. The number of aromatic nitrogens is 1. The first-order valence-electron chi connectivity index (χ1n) is 6.64. The van der Waals surface area contributed by atoms with E-state index in [1.807, 2.05) is 12.2 Å². The molecule has 24 heavy (non-hydrogen) atoms. The van der Waals surface area contributed by atoms with Gasteiger partial charge in [-0.05, 0) is 6.42 Å². The Morgan fingerprint density at radius 2 is 2.08 bits per heavy atom. The Hall–Kier alpha value is -2.37. The molecule has 3 N–H and O–H groups in total. The highest BCUT2D eigenvalue weighted by Crippen LogP contribution is 2.24. The van der Waals surface area contributed by atoms with Gasteiger partial charge in [0.05, 0.1) is 12.3 Å². The summed E-state index contributed by atoms with van der Waals surface area (Å²) in [6.45, 7) is 1.96. The van der Waals surface area contributed by atoms with Gasteiger partial charge in [0.15, 0.2) is 11.2 Å². The van der Waals surface area contributed by atoms with Gasteiger partial charge in [-0.15, -0.1) is 11.3 Å². The zero-order valence-electron chi connectivity index (χ0n) is 12.3. The van der Waals surface area contributed by atoms with E-state index in [1.165, 1.54) is 5.32 Å². The van der Waals surface area contributed by atoms with Gasteiger partial charge in [0.25, 0.3) is 0 Å². The SMILES string of the molecule is CCCCOC(=O)NC(C(=O)O)c1csc(NC(=O)C(F)(F)F)n1. The second-order valence-corrected chi connectivity index (χ2v) is 5.29. The fraction of sp³-hybridized carbons (Fsp3) is 0.500. The van der Waals surface area contributed by atoms with E-state index >= 15 is 0 Å². The molecule has 0 saturated carbocycles. The van der Waals surface area contributed by atoms with E-state index in [9.17, 15) is 27.6 Å². The molecule has 1 aromatic heterocycles. The fourth-order valence-electron chi connectivity index (χ4n) is 1.38. The number of carbonyl (C=O) groups excluding carboxylic acids is 2. The summed E-state index contributed by atoms with van der Waals surface area (Å²) in [7, 11) is 0. The van der Waals surface area contributed by atoms with Crippen molar-refractivity contribution in [3.05, 3.63) is 11.1 Å². The van der Waals surface area contributed by atoms with Gasteiger partial charge in [0, 0.05) is 5.38 Å². The van der Waals surface area contributed by atoms with Crippen molar-refractivity contribution in [2.75, 3.05) is 11.9 Å². The maximum atomic E-state index is 12.1. The van der Waals surface area contributed by atoms with Crippen molar-refractivity contribution >= 4 is 34.4 Å². The number of nitrogens with zero attached hydrogens (tertiary/aromatic N) is 1. The van der Waals surface area contributed by atoms with Gasteiger partial charge in [0.2, 0.25) is 0 Å². The average Bonchev–Trinajstić information content (AvgIpc) is 2.92. The number of anilines is 1. The Morgan fingerprint density at radius 1 is 1.42 bits per heavy atom. The van der Waals surface area contributed by atoms with Crippen molar-refractivity contribution in [3.8, 4) is 0 Å². The lowest BCUT2D eigenvalue weighted by molar-refractivity contribution is -0.167. The molecule has 0 radical (unpaired) electrons. The molecule has 0 spiro atoms. The molecule has 0 bridgehead atoms. The van der Waals surface area contributed by atoms with E-state index in [2.05, 4.69) is 4.98 Å². The number of nitrogens with one attached hydrogen (secondary N) is 2. The highest BCUT2D eigenvalue weighted by atomic mass is 32.1. The summed E-state index contributed by atoms with van der Waals surface area (Å²) in [6, 6.07) is -1.62. The van der Waals surface area contributed by atoms with E-state index < -0.39 is 35.3 Å². The fourth-order valence-corrected chi connectivity index (χ4v) is 2.11. The van der Waals surface area contributed by atoms with Gasteiger partial charge in [-0.1, -0.05) is 13.3 Å². The smallest absolute Gasteiger partial charge is 0.471 e. The quantitative estimate of drug-likeness (QED) is 0.635. The molecule has 0 aliphatic heterocycles. The van der Waals surface area contributed by atoms with Crippen molar-refractivity contribution in [2.24, 2.45) is 0 Å². The predicted octanol–water partition coefficient (Wildman–Crippen LogP) is 2.30. The molecule has 0 aromatic carbocycles. The Kier molecular flexibility index (Phi) is 6.95. The lowest BCUT2D eigenvalue weighted by atomic mass is 10.2. The van der Waals surface area contributed by atoms with Crippen LogP contribution in [0.5, 0.6) is 0 Å². The summed E-state index contributed by atoms with van der Waals surface area (Å²) in [6.07, 6.45) is -4.73. The van der Waals surface area contributed by atoms with Crippen LogP contribution in [0.2, 0.25) is 0 Å². The topological polar surface area (TPSA) is 118 Å². The number of unbranched alkanes of at least 4 members (excludes halogenated alkanes) is 1. The van der Waals surface area contributed by atoms with Crippen LogP contribution in [0.3, 0.4) is 0 Å². The second-order valence-electron chi connectivity index (χ2n) is 4.43. The minimum atomic E-state index is -5.10. The Labute approximate surface area is 138 Å². The molecule has 1 unspecified atom stereocenters. The minimum absolute atomic E-state index is 0.0959. The van der Waals surface area contributed by atoms with Gasteiger partial charge in [-0.25, -0.2) is 14.6 Å². The normalized spacial score (nSPS) is 12.3. The molecule has 0 aliphatic rings. The number of halogens is 3. The van der Waals surface area contributed by atoms with Gasteiger partial charge in [0.1, 0.15) is 0 Å². The summed E-state index contributed by atoms with van der Waals surface area (Å²) in [5.41, 5.74) is -0.239. The Morgan fingerprint density at radius 3 is 2.62 bits per heavy atom. The molecule has 1 heterocycles. The first-order chi connectivity index (χ1) is 11.1. The van der Waals surface area contributed by atoms with Crippen LogP contribution in [-0.2, 0) is 14.3 Å². The van der Waals surface area contributed by atoms with Crippen molar-refractivity contribution in [1.82, 2.24) is 10.3 Å². The molecule has 0 fully saturated rings. The maximum absolute atomic E-state index is 12.1. The number of alkyl carbamates (subject to hydrolysis) is 1. The van der Waals surface area contributed by atoms with Crippen LogP contribution in [0.4, 0.5) is 23.1 Å². The predicted molar refractivity (Wildman–Crippen MR) is 76.6 cm³/mol. The zero-order valence-corrected chi connectivity index (χ0v) is 13.2. The largest absolute Gasteiger partial charge is 0.479 e. The summed E-state index contributed by atoms with van der Waals surface area (Å²) < 4.78 is 41.2. The van der Waals surface area contributed by atoms with E-state index in [1.54, 1.807) is 0 Å². The number of thiazole rings is 1. The number of amides is 2. The molecule has 12 heteroatoms. The van der Waals surface area contributed by atoms with Crippen LogP contribution in [0.15, 0.2) is 5.38 Å². The summed E-state index contributed by atoms with van der Waals surface area (Å²) >= 11 is 0.590. The highest BCUT2D eigenvalue weighted by Gasteiger charge is 2.39. The van der Waals surface area contributed by atoms with E-state index in [4.69, 9.17) is 9.84 Å². The number of alkyl halides is 3. The molecule has 8 nitrogen and oxygen atoms in total. The van der Waals surface area contributed by atoms with Crippen LogP contribution >= 0.6 is 11.3 Å². The number of hydrogen-bond acceptors (Lipinski definition) is 6. The summed E-state index contributed by atoms with van der Waals surface area (Å²) in [5.74, 6) is -3.72. The third kappa shape index (κ3) is 6.02. The third-order valence-corrected chi connectivity index (χ3v) is 3.31. The second kappa shape index (κ2) is 8.47. The standard InChI is InChI=1S/C12H14F3N3O5S/c1-2-3-4-23-11(22)17-7(8(19)20)6-5-24-10(16-6)18-9(21)12(13,14)15/h5,7H,2-4H2,1H3,(H,17,22)(H,19,20)(H,16,18,21). The van der Waals surface area contributed by atoms with Crippen LogP contribution in [0, 0.1) is 0 Å². The first kappa shape index (κ1) is 19.7. The van der Waals surface area contributed by atoms with Crippen LogP contribution < -0.4 is 10.6 Å². The van der Waals surface area contributed by atoms with Crippen molar-refractivity contribution in [2.45, 2.75) is 32.0 Å². The molecular formula is C12H14F3N3O5S. The van der Waals surface area contributed by atoms with Gasteiger partial charge in [-0.3, -0.25) is 10.1 Å². The van der Waals surface area contributed by atoms with E-state index in [0.29, 0.717) is 17.8 Å². The molecule has 1 aromatic rings. The molecule has 134 valence electrons. The lowest BCUT2D eigenvalue weighted by Crippen LogP contribution is -2.34. The van der Waals surface area contributed by atoms with Crippen LogP contribution in [-0.4, -0.2) is 40.8 Å². The number of rotatable bonds is 7. The zero-order chi connectivity index (χ0) is 18.3. The Balaban J connectivity index is 2.75. The number of ether oxygens (including phenoxy) is 1. The average molecular weight is 369 g/mol. The van der Waals surface area contributed by atoms with Gasteiger partial charge in [-0.2, -0.15) is 13.2 Å². The van der Waals surface area contributed by atoms with Crippen molar-refractivity contribution in [1.29, 1.82) is 0 Å². The van der Waals surface area contributed by atoms with E-state index in [0.717, 1.165) is 11.8 Å². The monoisotopic (exact) mass is 369 g/mol. The number of aliphatic carboxylic acids is 1. The number of carbonyl (C=O) groups is 3. The molecule has 2 amide bonds. The minimum Gasteiger partial charge on any atom is -0.479 e. The van der Waals surface area contributed by atoms with Crippen LogP contribution in [0.25, 0.3) is 0 Å². The molecular weight excluding hydrogens is 355 g/mol. The highest BCUT2D eigenvalue weighted by molar-refractivity contribution is 7.14. The van der Waals surface area contributed by atoms with Gasteiger partial charge >= 0.3 is 24.1 Å². The summed E-state index contributed by atoms with van der Waals surface area (Å²) in [4.78, 5) is 37.0. The molecule has 0 aliphatic carbocycles. The lowest BCUT2D eigenvalue weighted by Gasteiger charge is -2.12. The molecule has 0 saturated heterocycles. The van der Waals surface area contributed by atoms with Crippen LogP contribution in [0.1, 0.15) is 31.5 Å². The van der Waals surface area contributed by atoms with Crippen molar-refractivity contribution in [3.63, 3.8) is 0 Å². The number of carboxylic acids is 1. The number of hydrogen-bond donors (Lipinski definition) is 3. The first-order valence-corrected chi connectivity index (χ1v) is 7.52. The van der Waals surface area contributed by atoms with Gasteiger partial charge < -0.3 is 15.2 Å². The van der Waals surface area contributed by atoms with E-state index in [-0.39, 0.29) is 12.3 Å². The summed E-state index contributed by atoms with van der Waals surface area (Å²) in [5, 5.41) is 13.3. The number of carboxylic acid groups (broad SMARTS) is 1. The maximum Gasteiger partial charge on any atom is 0.471 e.